The van der Waals surface area contributed by atoms with Crippen LogP contribution in [0.25, 0.3) is 11.0 Å². The average molecular weight is 460 g/mol. The van der Waals surface area contributed by atoms with Gasteiger partial charge in [-0.05, 0) is 67.4 Å². The lowest BCUT2D eigenvalue weighted by Crippen LogP contribution is -2.24. The molecule has 0 N–H and O–H groups in total. The highest BCUT2D eigenvalue weighted by Gasteiger charge is 2.34. The van der Waals surface area contributed by atoms with Crippen molar-refractivity contribution in [3.8, 4) is 5.75 Å². The van der Waals surface area contributed by atoms with Gasteiger partial charge in [0.05, 0.1) is 17.6 Å². The van der Waals surface area contributed by atoms with Crippen LogP contribution in [0.5, 0.6) is 5.75 Å². The molecule has 1 fully saturated rings. The zero-order valence-corrected chi connectivity index (χ0v) is 19.5. The maximum atomic E-state index is 12.9. The molecule has 0 unspecified atom stereocenters. The van der Waals surface area contributed by atoms with Crippen LogP contribution in [0, 0.1) is 13.8 Å². The lowest BCUT2D eigenvalue weighted by molar-refractivity contribution is -0.117. The van der Waals surface area contributed by atoms with Gasteiger partial charge in [0.25, 0.3) is 0 Å². The Hall–Kier alpha value is -3.31. The van der Waals surface area contributed by atoms with Gasteiger partial charge in [0.1, 0.15) is 18.2 Å². The third-order valence-electron chi connectivity index (χ3n) is 6.20. The average Bonchev–Trinajstić information content (AvgIpc) is 3.37. The second-order valence-electron chi connectivity index (χ2n) is 8.61. The van der Waals surface area contributed by atoms with E-state index in [1.807, 2.05) is 73.3 Å². The van der Waals surface area contributed by atoms with Gasteiger partial charge in [-0.15, -0.1) is 0 Å². The molecule has 4 aromatic rings. The van der Waals surface area contributed by atoms with E-state index >= 15 is 0 Å². The number of ether oxygens (including phenoxy) is 1. The minimum absolute atomic E-state index is 0.0307. The lowest BCUT2D eigenvalue weighted by atomic mass is 10.1. The van der Waals surface area contributed by atoms with Crippen LogP contribution in [0.15, 0.2) is 66.7 Å². The van der Waals surface area contributed by atoms with E-state index in [-0.39, 0.29) is 11.8 Å². The van der Waals surface area contributed by atoms with Crippen molar-refractivity contribution in [2.24, 2.45) is 0 Å². The molecule has 168 valence electrons. The second kappa shape index (κ2) is 8.91. The first-order chi connectivity index (χ1) is 16.0. The van der Waals surface area contributed by atoms with Gasteiger partial charge in [-0.3, -0.25) is 4.79 Å². The van der Waals surface area contributed by atoms with Gasteiger partial charge in [0.2, 0.25) is 5.91 Å². The van der Waals surface area contributed by atoms with Gasteiger partial charge in [0, 0.05) is 29.6 Å². The number of para-hydroxylation sites is 2. The predicted octanol–water partition coefficient (Wildman–Crippen LogP) is 5.91. The standard InChI is InChI=1S/C27H26ClN3O2/c1-18-6-5-7-21(14-18)31-17-20(16-26(31)32)27-29-24-8-3-4-9-25(24)30(27)12-13-33-22-10-11-23(28)19(2)15-22/h3-11,14-15,20H,12-13,16-17H2,1-2H3/t20-/m1/s1. The summed E-state index contributed by atoms with van der Waals surface area (Å²) in [6.45, 7) is 5.78. The van der Waals surface area contributed by atoms with Gasteiger partial charge in [0.15, 0.2) is 0 Å². The molecule has 1 aliphatic heterocycles. The van der Waals surface area contributed by atoms with Crippen LogP contribution in [0.2, 0.25) is 5.02 Å². The number of carbonyl (C=O) groups is 1. The zero-order chi connectivity index (χ0) is 22.9. The number of hydrogen-bond acceptors (Lipinski definition) is 3. The number of nitrogens with zero attached hydrogens (tertiary/aromatic N) is 3. The number of carbonyl (C=O) groups excluding carboxylic acids is 1. The van der Waals surface area contributed by atoms with Crippen LogP contribution in [-0.4, -0.2) is 28.6 Å². The number of hydrogen-bond donors (Lipinski definition) is 0. The number of imidazole rings is 1. The summed E-state index contributed by atoms with van der Waals surface area (Å²) in [6.07, 6.45) is 0.453. The summed E-state index contributed by atoms with van der Waals surface area (Å²) in [5, 5.41) is 0.731. The molecule has 3 aromatic carbocycles. The highest BCUT2D eigenvalue weighted by molar-refractivity contribution is 6.31. The van der Waals surface area contributed by atoms with E-state index in [1.165, 1.54) is 0 Å². The number of anilines is 1. The number of benzene rings is 3. The van der Waals surface area contributed by atoms with Crippen molar-refractivity contribution in [3.63, 3.8) is 0 Å². The minimum atomic E-state index is 0.0307. The van der Waals surface area contributed by atoms with Crippen molar-refractivity contribution in [3.05, 3.63) is 88.7 Å². The van der Waals surface area contributed by atoms with Crippen molar-refractivity contribution in [2.75, 3.05) is 18.1 Å². The summed E-state index contributed by atoms with van der Waals surface area (Å²) in [7, 11) is 0. The monoisotopic (exact) mass is 459 g/mol. The van der Waals surface area contributed by atoms with Gasteiger partial charge in [-0.2, -0.15) is 0 Å². The minimum Gasteiger partial charge on any atom is -0.492 e. The summed E-state index contributed by atoms with van der Waals surface area (Å²) in [5.41, 5.74) is 5.09. The highest BCUT2D eigenvalue weighted by atomic mass is 35.5. The first-order valence-corrected chi connectivity index (χ1v) is 11.6. The van der Waals surface area contributed by atoms with Crippen LogP contribution < -0.4 is 9.64 Å². The Morgan fingerprint density at radius 1 is 1.06 bits per heavy atom. The molecule has 5 nitrogen and oxygen atoms in total. The quantitative estimate of drug-likeness (QED) is 0.360. The fraction of sp³-hybridized carbons (Fsp3) is 0.259. The molecular weight excluding hydrogens is 434 g/mol. The molecule has 6 heteroatoms. The van der Waals surface area contributed by atoms with Crippen LogP contribution in [-0.2, 0) is 11.3 Å². The third-order valence-corrected chi connectivity index (χ3v) is 6.62. The Morgan fingerprint density at radius 2 is 1.91 bits per heavy atom. The number of fused-ring (bicyclic) bond motifs is 1. The van der Waals surface area contributed by atoms with Gasteiger partial charge in [-0.25, -0.2) is 4.98 Å². The molecule has 1 amide bonds. The SMILES string of the molecule is Cc1cccc(N2C[C@H](c3nc4ccccc4n3CCOc3ccc(Cl)c(C)c3)CC2=O)c1. The van der Waals surface area contributed by atoms with Gasteiger partial charge >= 0.3 is 0 Å². The maximum Gasteiger partial charge on any atom is 0.227 e. The van der Waals surface area contributed by atoms with E-state index < -0.39 is 0 Å². The van der Waals surface area contributed by atoms with E-state index in [1.54, 1.807) is 0 Å². The molecule has 0 bridgehead atoms. The Morgan fingerprint density at radius 3 is 2.73 bits per heavy atom. The molecule has 1 aromatic heterocycles. The van der Waals surface area contributed by atoms with Crippen molar-refractivity contribution < 1.29 is 9.53 Å². The van der Waals surface area contributed by atoms with E-state index in [9.17, 15) is 4.79 Å². The van der Waals surface area contributed by atoms with E-state index in [0.29, 0.717) is 26.1 Å². The van der Waals surface area contributed by atoms with Crippen molar-refractivity contribution >= 4 is 34.2 Å². The molecule has 1 aliphatic rings. The fourth-order valence-electron chi connectivity index (χ4n) is 4.53. The molecule has 0 saturated carbocycles. The zero-order valence-electron chi connectivity index (χ0n) is 18.8. The van der Waals surface area contributed by atoms with Gasteiger partial charge < -0.3 is 14.2 Å². The topological polar surface area (TPSA) is 47.4 Å². The number of aryl methyl sites for hydroxylation is 2. The predicted molar refractivity (Wildman–Crippen MR) is 132 cm³/mol. The molecule has 0 aliphatic carbocycles. The fourth-order valence-corrected chi connectivity index (χ4v) is 4.65. The molecule has 0 spiro atoms. The first-order valence-electron chi connectivity index (χ1n) is 11.2. The Labute approximate surface area is 198 Å². The number of halogens is 1. The molecule has 5 rings (SSSR count). The Kier molecular flexibility index (Phi) is 5.81. The summed E-state index contributed by atoms with van der Waals surface area (Å²) in [5.74, 6) is 1.90. The van der Waals surface area contributed by atoms with Crippen LogP contribution in [0.4, 0.5) is 5.69 Å². The van der Waals surface area contributed by atoms with Crippen LogP contribution in [0.3, 0.4) is 0 Å². The van der Waals surface area contributed by atoms with Crippen molar-refractivity contribution in [1.29, 1.82) is 0 Å². The number of amides is 1. The van der Waals surface area contributed by atoms with E-state index in [4.69, 9.17) is 21.3 Å². The molecule has 1 atom stereocenters. The number of rotatable bonds is 6. The summed E-state index contributed by atoms with van der Waals surface area (Å²) in [6, 6.07) is 21.9. The normalized spacial score (nSPS) is 16.0. The second-order valence-corrected chi connectivity index (χ2v) is 9.02. The lowest BCUT2D eigenvalue weighted by Gasteiger charge is -2.18. The summed E-state index contributed by atoms with van der Waals surface area (Å²) >= 11 is 6.13. The Bertz CT molecular complexity index is 1330. The summed E-state index contributed by atoms with van der Waals surface area (Å²) in [4.78, 5) is 19.7. The molecule has 1 saturated heterocycles. The summed E-state index contributed by atoms with van der Waals surface area (Å²) < 4.78 is 8.23. The van der Waals surface area contributed by atoms with Crippen LogP contribution >= 0.6 is 11.6 Å². The molecule has 33 heavy (non-hydrogen) atoms. The maximum absolute atomic E-state index is 12.9. The Balaban J connectivity index is 1.40. The first kappa shape index (κ1) is 21.5. The van der Waals surface area contributed by atoms with Crippen molar-refractivity contribution in [2.45, 2.75) is 32.7 Å². The van der Waals surface area contributed by atoms with Crippen LogP contribution in [0.1, 0.15) is 29.3 Å². The largest absolute Gasteiger partial charge is 0.492 e. The number of aromatic nitrogens is 2. The molecule has 0 radical (unpaired) electrons. The van der Waals surface area contributed by atoms with E-state index in [2.05, 4.69) is 16.7 Å². The molecule has 2 heterocycles. The van der Waals surface area contributed by atoms with Gasteiger partial charge in [-0.1, -0.05) is 35.9 Å². The highest BCUT2D eigenvalue weighted by Crippen LogP contribution is 2.33. The van der Waals surface area contributed by atoms with Crippen molar-refractivity contribution in [1.82, 2.24) is 9.55 Å². The molecular formula is C27H26ClN3O2. The van der Waals surface area contributed by atoms with E-state index in [0.717, 1.165) is 44.4 Å². The third kappa shape index (κ3) is 4.33. The smallest absolute Gasteiger partial charge is 0.227 e.